The minimum Gasteiger partial charge on any atom is -0.512 e. The molecule has 0 aromatic heterocycles. The summed E-state index contributed by atoms with van der Waals surface area (Å²) in [7, 11) is 0. The van der Waals surface area contributed by atoms with Crippen molar-refractivity contribution in [2.24, 2.45) is 5.41 Å². The molecule has 0 bridgehead atoms. The van der Waals surface area contributed by atoms with Crippen LogP contribution in [-0.4, -0.2) is 21.7 Å². The average molecular weight is 392 g/mol. The molecule has 4 rings (SSSR count). The predicted octanol–water partition coefficient (Wildman–Crippen LogP) is 4.50. The topological polar surface area (TPSA) is 101 Å². The van der Waals surface area contributed by atoms with Gasteiger partial charge in [-0.3, -0.25) is 24.6 Å². The number of fused-ring (bicyclic) bond motifs is 1. The van der Waals surface area contributed by atoms with Gasteiger partial charge in [0.2, 0.25) is 0 Å². The molecule has 1 atom stereocenters. The largest absolute Gasteiger partial charge is 0.512 e. The molecular weight excluding hydrogens is 372 g/mol. The Labute approximate surface area is 167 Å². The molecule has 1 heterocycles. The minimum atomic E-state index is -0.815. The van der Waals surface area contributed by atoms with Gasteiger partial charge in [0.15, 0.2) is 5.78 Å². The van der Waals surface area contributed by atoms with Gasteiger partial charge in [-0.05, 0) is 23.1 Å². The van der Waals surface area contributed by atoms with Gasteiger partial charge < -0.3 is 5.11 Å². The summed E-state index contributed by atoms with van der Waals surface area (Å²) in [6.45, 7) is 3.81. The molecule has 1 N–H and O–H groups in total. The normalized spacial score (nSPS) is 20.8. The first-order valence-electron chi connectivity index (χ1n) is 9.32. The van der Waals surface area contributed by atoms with Crippen molar-refractivity contribution in [2.75, 3.05) is 4.90 Å². The molecule has 148 valence electrons. The first-order valence-corrected chi connectivity index (χ1v) is 9.32. The van der Waals surface area contributed by atoms with Crippen molar-refractivity contribution in [2.45, 2.75) is 32.7 Å². The molecule has 1 aliphatic carbocycles. The van der Waals surface area contributed by atoms with E-state index in [1.165, 1.54) is 23.1 Å². The number of benzene rings is 2. The van der Waals surface area contributed by atoms with Crippen LogP contribution in [0.3, 0.4) is 0 Å². The molecule has 0 fully saturated rings. The van der Waals surface area contributed by atoms with Crippen LogP contribution in [0, 0.1) is 15.5 Å². The number of anilines is 1. The maximum absolute atomic E-state index is 13.2. The summed E-state index contributed by atoms with van der Waals surface area (Å²) in [5.41, 5.74) is 1.00. The second-order valence-corrected chi connectivity index (χ2v) is 8.24. The van der Waals surface area contributed by atoms with Crippen molar-refractivity contribution >= 4 is 23.1 Å². The zero-order valence-corrected chi connectivity index (χ0v) is 16.1. The summed E-state index contributed by atoms with van der Waals surface area (Å²) in [5.74, 6) is -0.608. The highest BCUT2D eigenvalue weighted by Gasteiger charge is 2.46. The van der Waals surface area contributed by atoms with Gasteiger partial charge in [-0.1, -0.05) is 38.1 Å². The second kappa shape index (κ2) is 6.55. The number of nitrogens with zero attached hydrogens (tertiary/aromatic N) is 2. The smallest absolute Gasteiger partial charge is 0.271 e. The third kappa shape index (κ3) is 3.08. The van der Waals surface area contributed by atoms with Crippen LogP contribution in [-0.2, 0) is 4.79 Å². The summed E-state index contributed by atoms with van der Waals surface area (Å²) >= 11 is 0. The van der Waals surface area contributed by atoms with Gasteiger partial charge in [-0.25, -0.2) is 0 Å². The fourth-order valence-electron chi connectivity index (χ4n) is 4.24. The van der Waals surface area contributed by atoms with Crippen LogP contribution >= 0.6 is 0 Å². The number of ketones is 1. The SMILES string of the molecule is CC1(C)CC(=O)C(C2c3ccccc3C(=O)N2c2cccc([N+](=O)[O-])c2)=C(O)C1. The van der Waals surface area contributed by atoms with E-state index >= 15 is 0 Å². The number of hydrogen-bond acceptors (Lipinski definition) is 5. The monoisotopic (exact) mass is 392 g/mol. The molecule has 1 amide bonds. The van der Waals surface area contributed by atoms with Crippen LogP contribution in [0.2, 0.25) is 0 Å². The molecule has 7 nitrogen and oxygen atoms in total. The highest BCUT2D eigenvalue weighted by molar-refractivity contribution is 6.14. The molecule has 0 saturated carbocycles. The number of allylic oxidation sites excluding steroid dienone is 1. The quantitative estimate of drug-likeness (QED) is 0.612. The van der Waals surface area contributed by atoms with Gasteiger partial charge >= 0.3 is 0 Å². The Balaban J connectivity index is 1.92. The Morgan fingerprint density at radius 3 is 2.52 bits per heavy atom. The third-order valence-electron chi connectivity index (χ3n) is 5.45. The van der Waals surface area contributed by atoms with E-state index in [0.29, 0.717) is 23.2 Å². The lowest BCUT2D eigenvalue weighted by molar-refractivity contribution is -0.384. The van der Waals surface area contributed by atoms with E-state index in [9.17, 15) is 24.8 Å². The molecule has 2 aromatic carbocycles. The highest BCUT2D eigenvalue weighted by Crippen LogP contribution is 2.47. The number of aliphatic hydroxyl groups excluding tert-OH is 1. The lowest BCUT2D eigenvalue weighted by Crippen LogP contribution is -2.35. The zero-order chi connectivity index (χ0) is 20.9. The molecule has 7 heteroatoms. The summed E-state index contributed by atoms with van der Waals surface area (Å²) in [5, 5.41) is 22.0. The predicted molar refractivity (Wildman–Crippen MR) is 107 cm³/mol. The summed E-state index contributed by atoms with van der Waals surface area (Å²) in [6, 6.07) is 11.8. The van der Waals surface area contributed by atoms with Gasteiger partial charge in [0.25, 0.3) is 11.6 Å². The first-order chi connectivity index (χ1) is 13.7. The standard InChI is InChI=1S/C22H20N2O5/c1-22(2)11-17(25)19(18(26)12-22)20-15-8-3-4-9-16(15)21(27)23(20)13-6-5-7-14(10-13)24(28)29/h3-10,20,25H,11-12H2,1-2H3. The maximum Gasteiger partial charge on any atom is 0.271 e. The highest BCUT2D eigenvalue weighted by atomic mass is 16.6. The van der Waals surface area contributed by atoms with Crippen LogP contribution in [0.4, 0.5) is 11.4 Å². The van der Waals surface area contributed by atoms with Crippen LogP contribution in [0.1, 0.15) is 48.7 Å². The van der Waals surface area contributed by atoms with E-state index in [1.54, 1.807) is 30.3 Å². The van der Waals surface area contributed by atoms with E-state index in [2.05, 4.69) is 0 Å². The number of Topliss-reactive ketones (excluding diaryl/α,β-unsaturated/α-hetero) is 1. The molecule has 0 radical (unpaired) electrons. The maximum atomic E-state index is 13.2. The number of aliphatic hydroxyl groups is 1. The molecule has 2 aromatic rings. The third-order valence-corrected chi connectivity index (χ3v) is 5.45. The van der Waals surface area contributed by atoms with Crippen molar-refractivity contribution in [3.8, 4) is 0 Å². The molecular formula is C22H20N2O5. The van der Waals surface area contributed by atoms with E-state index < -0.39 is 11.0 Å². The molecule has 1 aliphatic heterocycles. The summed E-state index contributed by atoms with van der Waals surface area (Å²) in [6.07, 6.45) is 0.575. The van der Waals surface area contributed by atoms with Crippen molar-refractivity contribution in [1.29, 1.82) is 0 Å². The Hall–Kier alpha value is -3.48. The van der Waals surface area contributed by atoms with E-state index in [-0.39, 0.29) is 40.5 Å². The molecule has 2 aliphatic rings. The van der Waals surface area contributed by atoms with Crippen molar-refractivity contribution in [1.82, 2.24) is 0 Å². The van der Waals surface area contributed by atoms with Crippen LogP contribution < -0.4 is 4.90 Å². The number of amides is 1. The summed E-state index contributed by atoms with van der Waals surface area (Å²) in [4.78, 5) is 38.3. The first kappa shape index (κ1) is 18.9. The number of rotatable bonds is 3. The fourth-order valence-corrected chi connectivity index (χ4v) is 4.24. The Kier molecular flexibility index (Phi) is 4.26. The number of hydrogen-bond donors (Lipinski definition) is 1. The Morgan fingerprint density at radius 1 is 1.10 bits per heavy atom. The number of nitro benzene ring substituents is 1. The van der Waals surface area contributed by atoms with E-state index in [1.807, 2.05) is 13.8 Å². The lowest BCUT2D eigenvalue weighted by Gasteiger charge is -2.34. The van der Waals surface area contributed by atoms with Gasteiger partial charge in [-0.15, -0.1) is 0 Å². The second-order valence-electron chi connectivity index (χ2n) is 8.24. The van der Waals surface area contributed by atoms with Crippen LogP contribution in [0.5, 0.6) is 0 Å². The number of nitro groups is 1. The molecule has 0 spiro atoms. The number of non-ortho nitro benzene ring substituents is 1. The fraction of sp³-hybridized carbons (Fsp3) is 0.273. The van der Waals surface area contributed by atoms with Gasteiger partial charge in [0.1, 0.15) is 5.76 Å². The molecule has 1 unspecified atom stereocenters. The minimum absolute atomic E-state index is 0.0313. The Bertz CT molecular complexity index is 1090. The van der Waals surface area contributed by atoms with Crippen molar-refractivity contribution in [3.05, 3.63) is 81.1 Å². The van der Waals surface area contributed by atoms with E-state index in [0.717, 1.165) is 0 Å². The number of carbonyl (C=O) groups excluding carboxylic acids is 2. The number of carbonyl (C=O) groups is 2. The van der Waals surface area contributed by atoms with Crippen LogP contribution in [0.15, 0.2) is 59.9 Å². The lowest BCUT2D eigenvalue weighted by atomic mass is 9.74. The Morgan fingerprint density at radius 2 is 1.83 bits per heavy atom. The van der Waals surface area contributed by atoms with Crippen LogP contribution in [0.25, 0.3) is 0 Å². The molecule has 29 heavy (non-hydrogen) atoms. The van der Waals surface area contributed by atoms with Gasteiger partial charge in [-0.2, -0.15) is 0 Å². The van der Waals surface area contributed by atoms with E-state index in [4.69, 9.17) is 0 Å². The molecule has 0 saturated heterocycles. The van der Waals surface area contributed by atoms with Gasteiger partial charge in [0.05, 0.1) is 22.2 Å². The van der Waals surface area contributed by atoms with Gasteiger partial charge in [0, 0.05) is 30.5 Å². The summed E-state index contributed by atoms with van der Waals surface area (Å²) < 4.78 is 0. The zero-order valence-electron chi connectivity index (χ0n) is 16.1. The van der Waals surface area contributed by atoms with Crippen molar-refractivity contribution in [3.63, 3.8) is 0 Å². The average Bonchev–Trinajstić information content (AvgIpc) is 2.93. The van der Waals surface area contributed by atoms with Crippen molar-refractivity contribution < 1.29 is 19.6 Å².